The monoisotopic (exact) mass is 315 g/mol. The quantitative estimate of drug-likeness (QED) is 0.638. The van der Waals surface area contributed by atoms with Gasteiger partial charge in [0.25, 0.3) is 0 Å². The van der Waals surface area contributed by atoms with Crippen LogP contribution in [0.5, 0.6) is 0 Å². The second kappa shape index (κ2) is 7.91. The molecule has 0 unspecified atom stereocenters. The molecule has 1 rings (SSSR count). The van der Waals surface area contributed by atoms with Crippen molar-refractivity contribution in [3.63, 3.8) is 0 Å². The summed E-state index contributed by atoms with van der Waals surface area (Å²) in [6.07, 6.45) is 0. The first-order valence-electron chi connectivity index (χ1n) is 6.65. The molecule has 0 saturated carbocycles. The van der Waals surface area contributed by atoms with Gasteiger partial charge < -0.3 is 10.1 Å². The van der Waals surface area contributed by atoms with Gasteiger partial charge in [-0.1, -0.05) is 18.5 Å². The average molecular weight is 316 g/mol. The number of ether oxygens (including phenoxy) is 1. The van der Waals surface area contributed by atoms with Crippen LogP contribution in [-0.2, 0) is 16.1 Å². The third-order valence-electron chi connectivity index (χ3n) is 2.35. The number of rotatable bonds is 6. The average Bonchev–Trinajstić information content (AvgIpc) is 2.33. The van der Waals surface area contributed by atoms with Crippen LogP contribution in [0, 0.1) is 0 Å². The van der Waals surface area contributed by atoms with Gasteiger partial charge in [-0.15, -0.1) is 11.8 Å². The zero-order chi connectivity index (χ0) is 15.2. The molecule has 3 nitrogen and oxygen atoms in total. The minimum absolute atomic E-state index is 0.202. The Kier molecular flexibility index (Phi) is 6.86. The van der Waals surface area contributed by atoms with Crippen LogP contribution in [0.25, 0.3) is 0 Å². The third-order valence-corrected chi connectivity index (χ3v) is 3.68. The summed E-state index contributed by atoms with van der Waals surface area (Å²) in [5.41, 5.74) is 0.664. The Hall–Kier alpha value is -0.710. The van der Waals surface area contributed by atoms with Gasteiger partial charge in [0.15, 0.2) is 0 Å². The van der Waals surface area contributed by atoms with Crippen LogP contribution in [0.15, 0.2) is 23.1 Å². The third kappa shape index (κ3) is 6.64. The van der Waals surface area contributed by atoms with Crippen LogP contribution in [0.1, 0.15) is 33.3 Å². The smallest absolute Gasteiger partial charge is 0.316 e. The van der Waals surface area contributed by atoms with E-state index in [2.05, 4.69) is 12.2 Å². The highest BCUT2D eigenvalue weighted by Gasteiger charge is 2.16. The molecular formula is C15H22ClNO2S. The molecule has 0 amide bonds. The summed E-state index contributed by atoms with van der Waals surface area (Å²) in [6, 6.07) is 5.72. The highest BCUT2D eigenvalue weighted by molar-refractivity contribution is 8.00. The Labute approximate surface area is 130 Å². The molecule has 0 radical (unpaired) electrons. The molecule has 0 fully saturated rings. The lowest BCUT2D eigenvalue weighted by atomic mass is 10.2. The van der Waals surface area contributed by atoms with Crippen molar-refractivity contribution >= 4 is 29.3 Å². The van der Waals surface area contributed by atoms with E-state index < -0.39 is 5.60 Å². The number of carbonyl (C=O) groups is 1. The maximum atomic E-state index is 11.7. The molecule has 5 heteroatoms. The molecule has 20 heavy (non-hydrogen) atoms. The van der Waals surface area contributed by atoms with Crippen molar-refractivity contribution in [1.29, 1.82) is 0 Å². The number of hydrogen-bond donors (Lipinski definition) is 1. The van der Waals surface area contributed by atoms with E-state index >= 15 is 0 Å². The van der Waals surface area contributed by atoms with E-state index in [-0.39, 0.29) is 5.97 Å². The Morgan fingerprint density at radius 3 is 2.70 bits per heavy atom. The summed E-state index contributed by atoms with van der Waals surface area (Å²) >= 11 is 7.50. The van der Waals surface area contributed by atoms with Gasteiger partial charge >= 0.3 is 5.97 Å². The fourth-order valence-electron chi connectivity index (χ4n) is 1.59. The van der Waals surface area contributed by atoms with Crippen molar-refractivity contribution in [2.24, 2.45) is 0 Å². The van der Waals surface area contributed by atoms with E-state index in [9.17, 15) is 4.79 Å². The highest BCUT2D eigenvalue weighted by Crippen LogP contribution is 2.26. The fraction of sp³-hybridized carbons (Fsp3) is 0.533. The van der Waals surface area contributed by atoms with E-state index in [1.165, 1.54) is 11.8 Å². The number of esters is 1. The molecular weight excluding hydrogens is 294 g/mol. The molecule has 0 heterocycles. The number of thioether (sulfide) groups is 1. The number of halogens is 1. The molecule has 0 aliphatic rings. The van der Waals surface area contributed by atoms with Crippen molar-refractivity contribution in [2.75, 3.05) is 12.3 Å². The topological polar surface area (TPSA) is 38.3 Å². The van der Waals surface area contributed by atoms with Crippen LogP contribution in [0.2, 0.25) is 5.02 Å². The van der Waals surface area contributed by atoms with Crippen molar-refractivity contribution in [2.45, 2.75) is 44.7 Å². The van der Waals surface area contributed by atoms with E-state index in [0.717, 1.165) is 23.5 Å². The summed E-state index contributed by atoms with van der Waals surface area (Å²) in [6.45, 7) is 9.30. The molecule has 112 valence electrons. The molecule has 0 aliphatic carbocycles. The number of carbonyl (C=O) groups excluding carboxylic acids is 1. The van der Waals surface area contributed by atoms with Crippen LogP contribution in [0.3, 0.4) is 0 Å². The van der Waals surface area contributed by atoms with Gasteiger partial charge in [-0.2, -0.15) is 0 Å². The minimum atomic E-state index is -0.440. The first kappa shape index (κ1) is 17.3. The normalized spacial score (nSPS) is 11.4. The number of nitrogens with one attached hydrogen (secondary N) is 1. The van der Waals surface area contributed by atoms with Crippen LogP contribution in [-0.4, -0.2) is 23.9 Å². The van der Waals surface area contributed by atoms with Gasteiger partial charge in [-0.05, 0) is 51.1 Å². The Balaban J connectivity index is 2.65. The second-order valence-corrected chi connectivity index (χ2v) is 6.86. The predicted octanol–water partition coefficient (Wildman–Crippen LogP) is 3.88. The van der Waals surface area contributed by atoms with Crippen LogP contribution < -0.4 is 5.32 Å². The summed E-state index contributed by atoms with van der Waals surface area (Å²) in [7, 11) is 0. The minimum Gasteiger partial charge on any atom is -0.459 e. The predicted molar refractivity (Wildman–Crippen MR) is 85.4 cm³/mol. The summed E-state index contributed by atoms with van der Waals surface area (Å²) in [5.74, 6) is 0.102. The zero-order valence-electron chi connectivity index (χ0n) is 12.5. The lowest BCUT2D eigenvalue weighted by Crippen LogP contribution is -2.25. The van der Waals surface area contributed by atoms with Crippen molar-refractivity contribution in [3.8, 4) is 0 Å². The van der Waals surface area contributed by atoms with Crippen molar-refractivity contribution < 1.29 is 9.53 Å². The number of benzene rings is 1. The standard InChI is InChI=1S/C15H22ClNO2S/c1-5-17-9-11-8-12(16)6-7-13(11)20-10-14(18)19-15(2,3)4/h6-8,17H,5,9-10H2,1-4H3. The lowest BCUT2D eigenvalue weighted by Gasteiger charge is -2.19. The fourth-order valence-corrected chi connectivity index (χ4v) is 2.60. The zero-order valence-corrected chi connectivity index (χ0v) is 14.0. The largest absolute Gasteiger partial charge is 0.459 e. The van der Waals surface area contributed by atoms with Gasteiger partial charge in [0.1, 0.15) is 5.60 Å². The highest BCUT2D eigenvalue weighted by atomic mass is 35.5. The van der Waals surface area contributed by atoms with Gasteiger partial charge in [-0.25, -0.2) is 0 Å². The van der Waals surface area contributed by atoms with Crippen molar-refractivity contribution in [1.82, 2.24) is 5.32 Å². The molecule has 0 atom stereocenters. The van der Waals surface area contributed by atoms with Crippen LogP contribution in [0.4, 0.5) is 0 Å². The molecule has 0 spiro atoms. The molecule has 1 aromatic carbocycles. The summed E-state index contributed by atoms with van der Waals surface area (Å²) < 4.78 is 5.30. The lowest BCUT2D eigenvalue weighted by molar-refractivity contribution is -0.151. The molecule has 0 aromatic heterocycles. The SMILES string of the molecule is CCNCc1cc(Cl)ccc1SCC(=O)OC(C)(C)C. The van der Waals surface area contributed by atoms with Gasteiger partial charge in [-0.3, -0.25) is 4.79 Å². The second-order valence-electron chi connectivity index (χ2n) is 5.41. The van der Waals surface area contributed by atoms with Gasteiger partial charge in [0, 0.05) is 16.5 Å². The molecule has 1 aromatic rings. The molecule has 1 N–H and O–H groups in total. The summed E-state index contributed by atoms with van der Waals surface area (Å²) in [5, 5.41) is 3.98. The Morgan fingerprint density at radius 1 is 1.40 bits per heavy atom. The van der Waals surface area contributed by atoms with Gasteiger partial charge in [0.05, 0.1) is 5.75 Å². The maximum absolute atomic E-state index is 11.7. The van der Waals surface area contributed by atoms with E-state index in [1.54, 1.807) is 0 Å². The Bertz CT molecular complexity index is 458. The van der Waals surface area contributed by atoms with E-state index in [0.29, 0.717) is 10.8 Å². The van der Waals surface area contributed by atoms with E-state index in [4.69, 9.17) is 16.3 Å². The van der Waals surface area contributed by atoms with Crippen LogP contribution >= 0.6 is 23.4 Å². The molecule has 0 aliphatic heterocycles. The summed E-state index contributed by atoms with van der Waals surface area (Å²) in [4.78, 5) is 12.8. The molecule has 0 bridgehead atoms. The van der Waals surface area contributed by atoms with E-state index in [1.807, 2.05) is 39.0 Å². The maximum Gasteiger partial charge on any atom is 0.316 e. The Morgan fingerprint density at radius 2 is 2.10 bits per heavy atom. The first-order chi connectivity index (χ1) is 9.31. The van der Waals surface area contributed by atoms with Gasteiger partial charge in [0.2, 0.25) is 0 Å². The number of hydrogen-bond acceptors (Lipinski definition) is 4. The van der Waals surface area contributed by atoms with Crippen molar-refractivity contribution in [3.05, 3.63) is 28.8 Å². The first-order valence-corrected chi connectivity index (χ1v) is 8.02. The molecule has 0 saturated heterocycles.